The average Bonchev–Trinajstić information content (AvgIpc) is 2.15. The Morgan fingerprint density at radius 3 is 2.12 bits per heavy atom. The molecule has 1 aromatic carbocycles. The van der Waals surface area contributed by atoms with Gasteiger partial charge in [0.05, 0.1) is 16.8 Å². The third-order valence-electron chi connectivity index (χ3n) is 1.75. The summed E-state index contributed by atoms with van der Waals surface area (Å²) in [5.74, 6) is -2.52. The number of aromatic carboxylic acids is 2. The van der Waals surface area contributed by atoms with Crippen LogP contribution in [0.1, 0.15) is 20.7 Å². The molecule has 8 heteroatoms. The van der Waals surface area contributed by atoms with Crippen LogP contribution in [0.3, 0.4) is 0 Å². The standard InChI is InChI=1S/C9H8N2O5.Na/c10-9(16)11-6-3-4(7(12)13)1-2-5(6)8(14)15;/h1-3H,(H,12,13)(H,14,15)(H3,10,11,16);/q;+1. The van der Waals surface area contributed by atoms with Crippen LogP contribution in [-0.2, 0) is 0 Å². The van der Waals surface area contributed by atoms with Crippen LogP contribution in [0, 0.1) is 0 Å². The summed E-state index contributed by atoms with van der Waals surface area (Å²) in [7, 11) is 0. The minimum absolute atomic E-state index is 0. The van der Waals surface area contributed by atoms with E-state index >= 15 is 0 Å². The Bertz CT molecular complexity index is 474. The van der Waals surface area contributed by atoms with Crippen molar-refractivity contribution in [2.75, 3.05) is 5.32 Å². The number of amides is 2. The third kappa shape index (κ3) is 4.06. The van der Waals surface area contributed by atoms with Gasteiger partial charge < -0.3 is 21.3 Å². The Morgan fingerprint density at radius 1 is 1.12 bits per heavy atom. The zero-order chi connectivity index (χ0) is 12.3. The van der Waals surface area contributed by atoms with Crippen molar-refractivity contribution in [3.05, 3.63) is 29.3 Å². The first kappa shape index (κ1) is 15.4. The van der Waals surface area contributed by atoms with Gasteiger partial charge in [-0.15, -0.1) is 0 Å². The first-order valence-corrected chi connectivity index (χ1v) is 4.09. The Balaban J connectivity index is 0.00000256. The van der Waals surface area contributed by atoms with Gasteiger partial charge in [-0.05, 0) is 18.2 Å². The number of carbonyl (C=O) groups excluding carboxylic acids is 1. The first-order chi connectivity index (χ1) is 7.41. The quantitative estimate of drug-likeness (QED) is 0.441. The molecule has 0 saturated carbocycles. The summed E-state index contributed by atoms with van der Waals surface area (Å²) in [6, 6.07) is 2.26. The number of urea groups is 1. The molecule has 1 aromatic rings. The normalized spacial score (nSPS) is 8.94. The van der Waals surface area contributed by atoms with Crippen molar-refractivity contribution in [3.63, 3.8) is 0 Å². The number of carbonyl (C=O) groups is 3. The molecule has 0 spiro atoms. The fourth-order valence-corrected chi connectivity index (χ4v) is 1.10. The van der Waals surface area contributed by atoms with Crippen LogP contribution < -0.4 is 40.6 Å². The minimum atomic E-state index is -1.29. The molecule has 0 atom stereocenters. The number of nitrogens with one attached hydrogen (secondary N) is 1. The van der Waals surface area contributed by atoms with Gasteiger partial charge in [-0.2, -0.15) is 0 Å². The van der Waals surface area contributed by atoms with E-state index in [1.165, 1.54) is 0 Å². The second-order valence-electron chi connectivity index (χ2n) is 2.86. The molecule has 17 heavy (non-hydrogen) atoms. The van der Waals surface area contributed by atoms with Gasteiger partial charge in [-0.3, -0.25) is 0 Å². The zero-order valence-electron chi connectivity index (χ0n) is 8.93. The van der Waals surface area contributed by atoms with Crippen LogP contribution in [0.15, 0.2) is 18.2 Å². The second-order valence-corrected chi connectivity index (χ2v) is 2.86. The van der Waals surface area contributed by atoms with Gasteiger partial charge in [0.2, 0.25) is 0 Å². The van der Waals surface area contributed by atoms with Crippen molar-refractivity contribution in [1.29, 1.82) is 0 Å². The molecular formula is C9H8N2NaO5+. The van der Waals surface area contributed by atoms with E-state index in [0.717, 1.165) is 18.2 Å². The van der Waals surface area contributed by atoms with E-state index in [4.69, 9.17) is 15.9 Å². The molecule has 2 amide bonds. The molecule has 0 unspecified atom stereocenters. The fourth-order valence-electron chi connectivity index (χ4n) is 1.10. The van der Waals surface area contributed by atoms with Crippen LogP contribution in [0.25, 0.3) is 0 Å². The van der Waals surface area contributed by atoms with Gasteiger partial charge in [-0.1, -0.05) is 0 Å². The Hall–Kier alpha value is -1.57. The maximum absolute atomic E-state index is 10.7. The van der Waals surface area contributed by atoms with Gasteiger partial charge in [0.1, 0.15) is 0 Å². The molecule has 7 nitrogen and oxygen atoms in total. The molecule has 1 rings (SSSR count). The molecule has 84 valence electrons. The van der Waals surface area contributed by atoms with Crippen LogP contribution in [0.4, 0.5) is 10.5 Å². The van der Waals surface area contributed by atoms with Crippen LogP contribution in [0.5, 0.6) is 0 Å². The van der Waals surface area contributed by atoms with Crippen molar-refractivity contribution in [2.24, 2.45) is 5.73 Å². The fraction of sp³-hybridized carbons (Fsp3) is 0. The van der Waals surface area contributed by atoms with Gasteiger partial charge in [0.25, 0.3) is 0 Å². The van der Waals surface area contributed by atoms with Crippen molar-refractivity contribution < 1.29 is 54.2 Å². The molecule has 0 aliphatic rings. The summed E-state index contributed by atoms with van der Waals surface area (Å²) in [6.45, 7) is 0. The largest absolute Gasteiger partial charge is 1.00 e. The van der Waals surface area contributed by atoms with Crippen LogP contribution >= 0.6 is 0 Å². The molecule has 0 bridgehead atoms. The SMILES string of the molecule is NC(=O)Nc1cc(C(=O)O)ccc1C(=O)O.[Na+]. The van der Waals surface area contributed by atoms with Gasteiger partial charge in [-0.25, -0.2) is 14.4 Å². The minimum Gasteiger partial charge on any atom is -0.478 e. The molecule has 0 heterocycles. The smallest absolute Gasteiger partial charge is 0.478 e. The number of carboxylic acids is 2. The first-order valence-electron chi connectivity index (χ1n) is 4.09. The summed E-state index contributed by atoms with van der Waals surface area (Å²) in [4.78, 5) is 32.0. The summed E-state index contributed by atoms with van der Waals surface area (Å²) in [5, 5.41) is 19.5. The number of nitrogens with two attached hydrogens (primary N) is 1. The van der Waals surface area contributed by atoms with E-state index in [-0.39, 0.29) is 46.4 Å². The van der Waals surface area contributed by atoms with E-state index in [2.05, 4.69) is 0 Å². The molecule has 5 N–H and O–H groups in total. The number of carboxylic acid groups (broad SMARTS) is 2. The second kappa shape index (κ2) is 6.24. The Kier molecular flexibility index (Phi) is 5.66. The number of hydrogen-bond donors (Lipinski definition) is 4. The van der Waals surface area contributed by atoms with E-state index in [9.17, 15) is 14.4 Å². The summed E-state index contributed by atoms with van der Waals surface area (Å²) >= 11 is 0. The van der Waals surface area contributed by atoms with Gasteiger partial charge in [0.15, 0.2) is 0 Å². The van der Waals surface area contributed by atoms with Crippen LogP contribution in [-0.4, -0.2) is 28.2 Å². The molecular weight excluding hydrogens is 239 g/mol. The summed E-state index contributed by atoms with van der Waals surface area (Å²) in [6.07, 6.45) is 0. The van der Waals surface area contributed by atoms with Crippen molar-refractivity contribution in [2.45, 2.75) is 0 Å². The predicted molar refractivity (Wildman–Crippen MR) is 53.6 cm³/mol. The van der Waals surface area contributed by atoms with E-state index in [1.807, 2.05) is 5.32 Å². The van der Waals surface area contributed by atoms with Crippen molar-refractivity contribution >= 4 is 23.7 Å². The Labute approximate surface area is 118 Å². The zero-order valence-corrected chi connectivity index (χ0v) is 10.9. The number of hydrogen-bond acceptors (Lipinski definition) is 3. The van der Waals surface area contributed by atoms with Gasteiger partial charge in [0, 0.05) is 0 Å². The van der Waals surface area contributed by atoms with Gasteiger partial charge >= 0.3 is 47.5 Å². The van der Waals surface area contributed by atoms with E-state index < -0.39 is 18.0 Å². The molecule has 0 aliphatic carbocycles. The summed E-state index contributed by atoms with van der Waals surface area (Å²) in [5.41, 5.74) is 4.30. The molecule has 0 saturated heterocycles. The number of anilines is 1. The summed E-state index contributed by atoms with van der Waals surface area (Å²) < 4.78 is 0. The Morgan fingerprint density at radius 2 is 1.71 bits per heavy atom. The maximum atomic E-state index is 10.7. The molecule has 0 aromatic heterocycles. The van der Waals surface area contributed by atoms with Crippen molar-refractivity contribution in [3.8, 4) is 0 Å². The molecule has 0 aliphatic heterocycles. The number of benzene rings is 1. The van der Waals surface area contributed by atoms with Crippen LogP contribution in [0.2, 0.25) is 0 Å². The number of primary amides is 1. The molecule has 0 radical (unpaired) electrons. The molecule has 0 fully saturated rings. The van der Waals surface area contributed by atoms with E-state index in [0.29, 0.717) is 0 Å². The predicted octanol–water partition coefficient (Wildman–Crippen LogP) is -2.42. The van der Waals surface area contributed by atoms with Crippen molar-refractivity contribution in [1.82, 2.24) is 0 Å². The topological polar surface area (TPSA) is 130 Å². The maximum Gasteiger partial charge on any atom is 1.00 e. The van der Waals surface area contributed by atoms with E-state index in [1.54, 1.807) is 0 Å². The third-order valence-corrected chi connectivity index (χ3v) is 1.75. The monoisotopic (exact) mass is 247 g/mol. The average molecular weight is 247 g/mol. The number of rotatable bonds is 3.